The van der Waals surface area contributed by atoms with E-state index in [1.54, 1.807) is 12.5 Å². The second-order valence-electron chi connectivity index (χ2n) is 9.99. The topological polar surface area (TPSA) is 146 Å². The Morgan fingerprint density at radius 2 is 1.95 bits per heavy atom. The van der Waals surface area contributed by atoms with Crippen LogP contribution in [0.4, 0.5) is 27.8 Å². The fourth-order valence-corrected chi connectivity index (χ4v) is 5.02. The van der Waals surface area contributed by atoms with Crippen LogP contribution in [0, 0.1) is 16.6 Å². The number of pyridine rings is 2. The number of hydrogen-bond acceptors (Lipinski definition) is 8. The molecular formula is C26H31F5N7O3S+. The molecule has 16 heteroatoms. The van der Waals surface area contributed by atoms with Crippen molar-refractivity contribution in [1.29, 1.82) is 0 Å². The van der Waals surface area contributed by atoms with Crippen molar-refractivity contribution in [3.63, 3.8) is 0 Å². The number of amides is 1. The predicted octanol–water partition coefficient (Wildman–Crippen LogP) is 3.86. The zero-order valence-corrected chi connectivity index (χ0v) is 23.9. The van der Waals surface area contributed by atoms with Gasteiger partial charge in [0.05, 0.1) is 18.6 Å². The summed E-state index contributed by atoms with van der Waals surface area (Å²) in [4.78, 5) is 38.7. The number of unbranched alkanes of at least 4 members (excludes halogenated alkanes) is 1. The summed E-state index contributed by atoms with van der Waals surface area (Å²) in [5, 5.41) is 5.40. The van der Waals surface area contributed by atoms with Gasteiger partial charge < -0.3 is 15.8 Å². The molecule has 0 aromatic carbocycles. The first kappa shape index (κ1) is 32.8. The molecule has 4 N–H and O–H groups in total. The summed E-state index contributed by atoms with van der Waals surface area (Å²) in [5.41, 5.74) is 6.34. The molecule has 1 amide bonds. The highest BCUT2D eigenvalue weighted by Crippen LogP contribution is 2.46. The number of aromatic nitrogens is 2. The summed E-state index contributed by atoms with van der Waals surface area (Å²) in [6.45, 7) is 3.92. The fourth-order valence-electron chi connectivity index (χ4n) is 3.98. The number of nitrogens with one attached hydrogen (secondary N) is 2. The van der Waals surface area contributed by atoms with Gasteiger partial charge in [-0.05, 0) is 44.0 Å². The molecule has 2 aromatic heterocycles. The second-order valence-corrected chi connectivity index (χ2v) is 11.2. The van der Waals surface area contributed by atoms with Crippen LogP contribution in [0.3, 0.4) is 0 Å². The van der Waals surface area contributed by atoms with E-state index in [2.05, 4.69) is 30.2 Å². The van der Waals surface area contributed by atoms with Crippen molar-refractivity contribution in [2.75, 3.05) is 18.5 Å². The Hall–Kier alpha value is -3.69. The molecule has 42 heavy (non-hydrogen) atoms. The number of amidine groups is 1. The number of nitrogens with two attached hydrogens (primary N) is 1. The standard InChI is InChI=1S/C26H30F5N7O3S/c1-15(2)21(32)38-24(3,26(34-14-42-26)10-4-5-11-35-40)20-17(27)7-9-19(36-20)37-22(39)18-8-6-16(12-33-18)41-13-25(30,31)23(28)29/h6-9,12,14-15,23H,4-5,10-11,13H2,1-3H3,(H2,32,38)(H,36,37,39)/p+1/t24-,26?/m1/s1. The van der Waals surface area contributed by atoms with Crippen LogP contribution in [0.2, 0.25) is 0 Å². The molecule has 0 saturated heterocycles. The molecule has 2 atom stereocenters. The minimum absolute atomic E-state index is 0.0340. The van der Waals surface area contributed by atoms with Crippen molar-refractivity contribution in [2.24, 2.45) is 21.8 Å². The molecule has 3 rings (SSSR count). The van der Waals surface area contributed by atoms with Gasteiger partial charge in [0.2, 0.25) is 10.4 Å². The lowest BCUT2D eigenvalue weighted by Gasteiger charge is -2.40. The van der Waals surface area contributed by atoms with E-state index in [0.717, 1.165) is 24.4 Å². The van der Waals surface area contributed by atoms with E-state index >= 15 is 4.39 Å². The molecule has 0 radical (unpaired) electrons. The van der Waals surface area contributed by atoms with Crippen LogP contribution in [0.15, 0.2) is 40.6 Å². The Balaban J connectivity index is 1.88. The van der Waals surface area contributed by atoms with Gasteiger partial charge in [0.25, 0.3) is 5.91 Å². The van der Waals surface area contributed by atoms with Crippen LogP contribution in [-0.4, -0.2) is 57.6 Å². The Bertz CT molecular complexity index is 1330. The average molecular weight is 617 g/mol. The van der Waals surface area contributed by atoms with E-state index in [9.17, 15) is 27.3 Å². The van der Waals surface area contributed by atoms with Gasteiger partial charge in [0.15, 0.2) is 12.1 Å². The number of hydrogen-bond donors (Lipinski definition) is 3. The Morgan fingerprint density at radius 1 is 1.24 bits per heavy atom. The van der Waals surface area contributed by atoms with Gasteiger partial charge in [-0.25, -0.2) is 28.1 Å². The molecule has 0 fully saturated rings. The van der Waals surface area contributed by atoms with E-state index in [1.807, 2.05) is 13.8 Å². The van der Waals surface area contributed by atoms with Gasteiger partial charge in [-0.3, -0.25) is 9.79 Å². The first-order valence-electron chi connectivity index (χ1n) is 12.9. The largest absolute Gasteiger partial charge is 0.485 e. The Morgan fingerprint density at radius 3 is 2.50 bits per heavy atom. The van der Waals surface area contributed by atoms with Crippen LogP contribution in [0.25, 0.3) is 0 Å². The number of ether oxygens (including phenoxy) is 1. The summed E-state index contributed by atoms with van der Waals surface area (Å²) in [7, 11) is 0. The van der Waals surface area contributed by atoms with Gasteiger partial charge >= 0.3 is 12.3 Å². The smallest absolute Gasteiger partial charge is 0.340 e. The number of anilines is 1. The maximum atomic E-state index is 15.4. The average Bonchev–Trinajstić information content (AvgIpc) is 2.92. The van der Waals surface area contributed by atoms with Gasteiger partial charge in [-0.1, -0.05) is 19.0 Å². The van der Waals surface area contributed by atoms with E-state index < -0.39 is 41.1 Å². The van der Waals surface area contributed by atoms with Crippen LogP contribution in [-0.2, 0) is 5.54 Å². The molecule has 10 nitrogen and oxygen atoms in total. The SMILES string of the molecule is CC(C)C(N)=N[C@](C)(c1nc(NC(=O)c2ccc(OCC(F)(F)C(F)F)cn2)ccc1F)C1(CCCCN=O)[NH+]=CS1. The molecule has 1 aliphatic heterocycles. The number of carbonyl (C=O) groups is 1. The van der Waals surface area contributed by atoms with Gasteiger partial charge in [-0.2, -0.15) is 13.7 Å². The van der Waals surface area contributed by atoms with Crippen LogP contribution < -0.4 is 20.8 Å². The predicted molar refractivity (Wildman–Crippen MR) is 149 cm³/mol. The Labute approximate surface area is 242 Å². The minimum atomic E-state index is -4.35. The highest BCUT2D eigenvalue weighted by molar-refractivity contribution is 8.13. The van der Waals surface area contributed by atoms with Crippen molar-refractivity contribution in [3.8, 4) is 5.75 Å². The highest BCUT2D eigenvalue weighted by Gasteiger charge is 2.61. The summed E-state index contributed by atoms with van der Waals surface area (Å²) in [5.74, 6) is -6.00. The number of nitrogens with zero attached hydrogens (tertiary/aromatic N) is 4. The molecule has 1 aliphatic rings. The summed E-state index contributed by atoms with van der Waals surface area (Å²) < 4.78 is 71.0. The van der Waals surface area contributed by atoms with Gasteiger partial charge in [0.1, 0.15) is 28.8 Å². The van der Waals surface area contributed by atoms with Crippen molar-refractivity contribution in [3.05, 3.63) is 52.6 Å². The third kappa shape index (κ3) is 7.38. The number of rotatable bonds is 15. The number of alkyl halides is 4. The lowest BCUT2D eigenvalue weighted by molar-refractivity contribution is -0.539. The van der Waals surface area contributed by atoms with Crippen LogP contribution >= 0.6 is 11.8 Å². The molecule has 0 spiro atoms. The zero-order chi connectivity index (χ0) is 31.1. The molecule has 0 bridgehead atoms. The lowest BCUT2D eigenvalue weighted by atomic mass is 9.84. The maximum Gasteiger partial charge on any atom is 0.340 e. The summed E-state index contributed by atoms with van der Waals surface area (Å²) >= 11 is 1.39. The first-order valence-corrected chi connectivity index (χ1v) is 13.8. The summed E-state index contributed by atoms with van der Waals surface area (Å²) in [6, 6.07) is 4.63. The first-order chi connectivity index (χ1) is 19.7. The molecule has 228 valence electrons. The van der Waals surface area contributed by atoms with Crippen molar-refractivity contribution >= 4 is 34.9 Å². The van der Waals surface area contributed by atoms with Gasteiger partial charge in [-0.15, -0.1) is 0 Å². The maximum absolute atomic E-state index is 15.4. The van der Waals surface area contributed by atoms with E-state index in [4.69, 9.17) is 10.7 Å². The Kier molecular flexibility index (Phi) is 10.6. The van der Waals surface area contributed by atoms with E-state index in [1.165, 1.54) is 17.8 Å². The van der Waals surface area contributed by atoms with Crippen molar-refractivity contribution < 1.29 is 36.5 Å². The molecule has 0 saturated carbocycles. The molecule has 2 aromatic rings. The highest BCUT2D eigenvalue weighted by atomic mass is 32.2. The number of aliphatic imine (C=N–C) groups is 1. The summed E-state index contributed by atoms with van der Waals surface area (Å²) in [6.07, 6.45) is -1.40. The fraction of sp³-hybridized carbons (Fsp3) is 0.500. The van der Waals surface area contributed by atoms with E-state index in [-0.39, 0.29) is 41.3 Å². The minimum Gasteiger partial charge on any atom is -0.485 e. The van der Waals surface area contributed by atoms with Crippen LogP contribution in [0.5, 0.6) is 5.75 Å². The monoisotopic (exact) mass is 616 g/mol. The quantitative estimate of drug-likeness (QED) is 0.0906. The molecule has 0 aliphatic carbocycles. The van der Waals surface area contributed by atoms with Gasteiger partial charge in [0, 0.05) is 24.1 Å². The zero-order valence-electron chi connectivity index (χ0n) is 23.0. The number of carbonyl (C=O) groups excluding carboxylic acids is 1. The molecule has 3 heterocycles. The number of thioether (sulfide) groups is 1. The van der Waals surface area contributed by atoms with Crippen molar-refractivity contribution in [2.45, 2.75) is 62.8 Å². The molecule has 1 unspecified atom stereocenters. The van der Waals surface area contributed by atoms with Crippen LogP contribution in [0.1, 0.15) is 56.2 Å². The lowest BCUT2D eigenvalue weighted by Crippen LogP contribution is -2.94. The second kappa shape index (κ2) is 13.5. The van der Waals surface area contributed by atoms with E-state index in [0.29, 0.717) is 19.3 Å². The molecular weight excluding hydrogens is 585 g/mol. The normalized spacial score (nSPS) is 18.5. The number of halogens is 5. The third-order valence-corrected chi connectivity index (χ3v) is 7.94. The van der Waals surface area contributed by atoms with Crippen molar-refractivity contribution in [1.82, 2.24) is 9.97 Å². The number of nitroso groups, excluding NO2 is 1. The third-order valence-electron chi connectivity index (χ3n) is 6.58.